The Morgan fingerprint density at radius 3 is 2.41 bits per heavy atom. The molecule has 3 nitrogen and oxygen atoms in total. The van der Waals surface area contributed by atoms with Crippen molar-refractivity contribution < 1.29 is 0 Å². The average Bonchev–Trinajstić information content (AvgIpc) is 2.70. The van der Waals surface area contributed by atoms with Gasteiger partial charge in [-0.25, -0.2) is 4.98 Å². The van der Waals surface area contributed by atoms with Crippen LogP contribution < -0.4 is 0 Å². The Labute approximate surface area is 104 Å². The molecule has 0 bridgehead atoms. The zero-order valence-electron chi connectivity index (χ0n) is 9.90. The summed E-state index contributed by atoms with van der Waals surface area (Å²) in [5.74, 6) is 0. The molecular weight excluding hydrogens is 230 g/mol. The minimum atomic E-state index is -0.0385. The highest BCUT2D eigenvalue weighted by Crippen LogP contribution is 2.33. The first-order valence-electron chi connectivity index (χ1n) is 5.21. The third-order valence-corrected chi connectivity index (χ3v) is 3.88. The van der Waals surface area contributed by atoms with E-state index in [1.807, 2.05) is 12.1 Å². The molecule has 0 saturated heterocycles. The van der Waals surface area contributed by atoms with Crippen molar-refractivity contribution in [1.82, 2.24) is 4.98 Å². The summed E-state index contributed by atoms with van der Waals surface area (Å²) in [7, 11) is 0. The van der Waals surface area contributed by atoms with Gasteiger partial charge in [0.05, 0.1) is 20.8 Å². The number of thiazole rings is 1. The van der Waals surface area contributed by atoms with Crippen LogP contribution in [0.2, 0.25) is 0 Å². The maximum atomic E-state index is 9.12. The first-order chi connectivity index (χ1) is 7.97. The predicted octanol–water partition coefficient (Wildman–Crippen LogP) is 3.34. The van der Waals surface area contributed by atoms with Crippen LogP contribution in [0.4, 0.5) is 0 Å². The zero-order valence-corrected chi connectivity index (χ0v) is 10.7. The van der Waals surface area contributed by atoms with Gasteiger partial charge in [0.15, 0.2) is 0 Å². The monoisotopic (exact) mass is 241 g/mol. The lowest BCUT2D eigenvalue weighted by atomic mass is 9.98. The Bertz CT molecular complexity index is 663. The molecule has 0 amide bonds. The van der Waals surface area contributed by atoms with Gasteiger partial charge in [0.2, 0.25) is 0 Å². The molecule has 0 aliphatic rings. The molecular formula is C13H11N3S. The second kappa shape index (κ2) is 3.84. The standard InChI is InChI=1S/C13H11N3S/c1-13(2,3)12-16-11-9(7-15)8(6-14)4-5-10(11)17-12/h4-5H,1-3H3. The Hall–Kier alpha value is -1.91. The molecule has 0 radical (unpaired) electrons. The fraction of sp³-hybridized carbons (Fsp3) is 0.308. The van der Waals surface area contributed by atoms with Crippen molar-refractivity contribution in [3.05, 3.63) is 28.3 Å². The van der Waals surface area contributed by atoms with Gasteiger partial charge in [0.25, 0.3) is 0 Å². The zero-order chi connectivity index (χ0) is 12.6. The topological polar surface area (TPSA) is 60.5 Å². The van der Waals surface area contributed by atoms with Crippen molar-refractivity contribution in [2.75, 3.05) is 0 Å². The van der Waals surface area contributed by atoms with Gasteiger partial charge in [0.1, 0.15) is 17.7 Å². The number of aromatic nitrogens is 1. The molecule has 1 aromatic carbocycles. The van der Waals surface area contributed by atoms with Crippen molar-refractivity contribution in [2.45, 2.75) is 26.2 Å². The summed E-state index contributed by atoms with van der Waals surface area (Å²) >= 11 is 1.58. The molecule has 1 heterocycles. The molecule has 0 N–H and O–H groups in total. The molecule has 0 atom stereocenters. The summed E-state index contributed by atoms with van der Waals surface area (Å²) in [6.45, 7) is 6.26. The third kappa shape index (κ3) is 1.88. The van der Waals surface area contributed by atoms with Gasteiger partial charge in [-0.2, -0.15) is 10.5 Å². The SMILES string of the molecule is CC(C)(C)c1nc2c(C#N)c(C#N)ccc2s1. The Kier molecular flexibility index (Phi) is 2.61. The molecule has 1 aromatic heterocycles. The van der Waals surface area contributed by atoms with Crippen LogP contribution in [0.3, 0.4) is 0 Å². The van der Waals surface area contributed by atoms with Gasteiger partial charge >= 0.3 is 0 Å². The van der Waals surface area contributed by atoms with Gasteiger partial charge in [-0.05, 0) is 12.1 Å². The van der Waals surface area contributed by atoms with Crippen LogP contribution >= 0.6 is 11.3 Å². The van der Waals surface area contributed by atoms with E-state index >= 15 is 0 Å². The van der Waals surface area contributed by atoms with Crippen LogP contribution in [0, 0.1) is 22.7 Å². The lowest BCUT2D eigenvalue weighted by molar-refractivity contribution is 0.587. The number of nitriles is 2. The number of benzene rings is 1. The van der Waals surface area contributed by atoms with E-state index in [9.17, 15) is 0 Å². The first kappa shape index (κ1) is 11.6. The minimum absolute atomic E-state index is 0.0385. The Morgan fingerprint density at radius 2 is 1.88 bits per heavy atom. The molecule has 0 saturated carbocycles. The van der Waals surface area contributed by atoms with E-state index < -0.39 is 0 Å². The molecule has 2 rings (SSSR count). The number of nitrogens with zero attached hydrogens (tertiary/aromatic N) is 3. The molecule has 2 aromatic rings. The van der Waals surface area contributed by atoms with Crippen LogP contribution in [0.1, 0.15) is 36.9 Å². The van der Waals surface area contributed by atoms with E-state index in [-0.39, 0.29) is 5.41 Å². The summed E-state index contributed by atoms with van der Waals surface area (Å²) in [6, 6.07) is 7.65. The van der Waals surface area contributed by atoms with E-state index in [0.29, 0.717) is 16.6 Å². The molecule has 0 aliphatic heterocycles. The number of rotatable bonds is 0. The van der Waals surface area contributed by atoms with Crippen molar-refractivity contribution in [2.24, 2.45) is 0 Å². The first-order valence-corrected chi connectivity index (χ1v) is 6.03. The highest BCUT2D eigenvalue weighted by atomic mass is 32.1. The van der Waals surface area contributed by atoms with Gasteiger partial charge in [-0.15, -0.1) is 11.3 Å². The van der Waals surface area contributed by atoms with E-state index in [2.05, 4.69) is 31.8 Å². The summed E-state index contributed by atoms with van der Waals surface area (Å²) in [5.41, 5.74) is 1.40. The van der Waals surface area contributed by atoms with Crippen molar-refractivity contribution in [3.8, 4) is 12.1 Å². The summed E-state index contributed by atoms with van der Waals surface area (Å²) < 4.78 is 0.963. The maximum absolute atomic E-state index is 9.12. The highest BCUT2D eigenvalue weighted by molar-refractivity contribution is 7.18. The van der Waals surface area contributed by atoms with E-state index in [4.69, 9.17) is 10.5 Å². The van der Waals surface area contributed by atoms with Crippen LogP contribution in [0.15, 0.2) is 12.1 Å². The lowest BCUT2D eigenvalue weighted by Gasteiger charge is -2.13. The van der Waals surface area contributed by atoms with Crippen molar-refractivity contribution >= 4 is 21.6 Å². The smallest absolute Gasteiger partial charge is 0.103 e. The quantitative estimate of drug-likeness (QED) is 0.710. The van der Waals surface area contributed by atoms with Crippen LogP contribution in [0.25, 0.3) is 10.2 Å². The van der Waals surface area contributed by atoms with Gasteiger partial charge in [-0.1, -0.05) is 20.8 Å². The number of hydrogen-bond donors (Lipinski definition) is 0. The second-order valence-corrected chi connectivity index (χ2v) is 5.86. The molecule has 4 heteroatoms. The van der Waals surface area contributed by atoms with Gasteiger partial charge in [-0.3, -0.25) is 0 Å². The highest BCUT2D eigenvalue weighted by Gasteiger charge is 2.20. The van der Waals surface area contributed by atoms with E-state index in [0.717, 1.165) is 9.71 Å². The summed E-state index contributed by atoms with van der Waals surface area (Å²) in [4.78, 5) is 4.51. The van der Waals surface area contributed by atoms with Gasteiger partial charge < -0.3 is 0 Å². The van der Waals surface area contributed by atoms with Crippen LogP contribution in [-0.4, -0.2) is 4.98 Å². The fourth-order valence-electron chi connectivity index (χ4n) is 1.52. The minimum Gasteiger partial charge on any atom is -0.239 e. The third-order valence-electron chi connectivity index (χ3n) is 2.43. The van der Waals surface area contributed by atoms with Crippen LogP contribution in [0.5, 0.6) is 0 Å². The molecule has 0 unspecified atom stereocenters. The van der Waals surface area contributed by atoms with Crippen molar-refractivity contribution in [1.29, 1.82) is 10.5 Å². The lowest BCUT2D eigenvalue weighted by Crippen LogP contribution is -2.09. The number of hydrogen-bond acceptors (Lipinski definition) is 4. The summed E-state index contributed by atoms with van der Waals surface area (Å²) in [5, 5.41) is 19.1. The van der Waals surface area contributed by atoms with Gasteiger partial charge in [0, 0.05) is 5.41 Å². The molecule has 0 spiro atoms. The molecule has 17 heavy (non-hydrogen) atoms. The fourth-order valence-corrected chi connectivity index (χ4v) is 2.55. The molecule has 0 aliphatic carbocycles. The largest absolute Gasteiger partial charge is 0.239 e. The van der Waals surface area contributed by atoms with E-state index in [1.54, 1.807) is 17.4 Å². The second-order valence-electron chi connectivity index (χ2n) is 4.83. The predicted molar refractivity (Wildman–Crippen MR) is 67.8 cm³/mol. The van der Waals surface area contributed by atoms with Crippen molar-refractivity contribution in [3.63, 3.8) is 0 Å². The maximum Gasteiger partial charge on any atom is 0.103 e. The normalized spacial score (nSPS) is 11.1. The van der Waals surface area contributed by atoms with E-state index in [1.165, 1.54) is 0 Å². The summed E-state index contributed by atoms with van der Waals surface area (Å²) in [6.07, 6.45) is 0. The Morgan fingerprint density at radius 1 is 1.18 bits per heavy atom. The molecule has 84 valence electrons. The van der Waals surface area contributed by atoms with Crippen LogP contribution in [-0.2, 0) is 5.41 Å². The Balaban J connectivity index is 2.80. The molecule has 0 fully saturated rings. The number of fused-ring (bicyclic) bond motifs is 1. The average molecular weight is 241 g/mol.